The van der Waals surface area contributed by atoms with Crippen molar-refractivity contribution >= 4 is 17.6 Å². The molecule has 0 atom stereocenters. The SMILES string of the molecule is CCOC(=O)CCN(C)Cc1c(Cl)c(C)nn1CC. The summed E-state index contributed by atoms with van der Waals surface area (Å²) in [4.78, 5) is 13.3. The summed E-state index contributed by atoms with van der Waals surface area (Å²) in [5, 5.41) is 5.09. The molecule has 0 saturated carbocycles. The maximum Gasteiger partial charge on any atom is 0.307 e. The Labute approximate surface area is 119 Å². The third-order valence-electron chi connectivity index (χ3n) is 2.88. The van der Waals surface area contributed by atoms with Crippen molar-refractivity contribution in [2.24, 2.45) is 0 Å². The van der Waals surface area contributed by atoms with Crippen molar-refractivity contribution in [1.29, 1.82) is 0 Å². The fourth-order valence-electron chi connectivity index (χ4n) is 1.87. The zero-order valence-electron chi connectivity index (χ0n) is 12.1. The molecule has 0 fully saturated rings. The van der Waals surface area contributed by atoms with E-state index in [2.05, 4.69) is 5.10 Å². The first-order valence-corrected chi connectivity index (χ1v) is 6.93. The van der Waals surface area contributed by atoms with Crippen molar-refractivity contribution in [3.8, 4) is 0 Å². The monoisotopic (exact) mass is 287 g/mol. The molecule has 0 unspecified atom stereocenters. The van der Waals surface area contributed by atoms with Gasteiger partial charge in [-0.2, -0.15) is 5.10 Å². The van der Waals surface area contributed by atoms with Crippen molar-refractivity contribution < 1.29 is 9.53 Å². The Balaban J connectivity index is 2.57. The van der Waals surface area contributed by atoms with Crippen LogP contribution in [0.4, 0.5) is 0 Å². The molecule has 0 N–H and O–H groups in total. The summed E-state index contributed by atoms with van der Waals surface area (Å²) in [5.74, 6) is -0.166. The summed E-state index contributed by atoms with van der Waals surface area (Å²) in [6, 6.07) is 0. The van der Waals surface area contributed by atoms with E-state index >= 15 is 0 Å². The Morgan fingerprint density at radius 1 is 1.47 bits per heavy atom. The number of aryl methyl sites for hydroxylation is 2. The lowest BCUT2D eigenvalue weighted by atomic mass is 10.3. The Morgan fingerprint density at radius 3 is 2.74 bits per heavy atom. The first-order valence-electron chi connectivity index (χ1n) is 6.55. The summed E-state index contributed by atoms with van der Waals surface area (Å²) in [7, 11) is 1.96. The minimum atomic E-state index is -0.166. The van der Waals surface area contributed by atoms with Crippen LogP contribution >= 0.6 is 11.6 Å². The van der Waals surface area contributed by atoms with Crippen LogP contribution < -0.4 is 0 Å². The van der Waals surface area contributed by atoms with Crippen LogP contribution in [0.3, 0.4) is 0 Å². The lowest BCUT2D eigenvalue weighted by molar-refractivity contribution is -0.143. The van der Waals surface area contributed by atoms with Gasteiger partial charge < -0.3 is 4.74 Å². The van der Waals surface area contributed by atoms with Crippen LogP contribution in [0.2, 0.25) is 5.02 Å². The van der Waals surface area contributed by atoms with E-state index in [1.165, 1.54) is 0 Å². The number of carbonyl (C=O) groups excluding carboxylic acids is 1. The molecule has 1 heterocycles. The summed E-state index contributed by atoms with van der Waals surface area (Å²) in [5.41, 5.74) is 1.84. The van der Waals surface area contributed by atoms with Crippen LogP contribution in [-0.4, -0.2) is 40.8 Å². The maximum atomic E-state index is 11.3. The molecule has 0 aliphatic rings. The Kier molecular flexibility index (Phi) is 6.31. The number of halogens is 1. The summed E-state index contributed by atoms with van der Waals surface area (Å²) in [6.45, 7) is 8.27. The van der Waals surface area contributed by atoms with E-state index in [-0.39, 0.29) is 5.97 Å². The number of hydrogen-bond acceptors (Lipinski definition) is 4. The molecule has 0 bridgehead atoms. The minimum absolute atomic E-state index is 0.166. The predicted octanol–water partition coefficient (Wildman–Crippen LogP) is 2.25. The Morgan fingerprint density at radius 2 is 2.16 bits per heavy atom. The van der Waals surface area contributed by atoms with Gasteiger partial charge in [0.2, 0.25) is 0 Å². The molecule has 1 rings (SSSR count). The molecule has 0 amide bonds. The van der Waals surface area contributed by atoms with Gasteiger partial charge in [-0.25, -0.2) is 0 Å². The number of esters is 1. The number of ether oxygens (including phenoxy) is 1. The zero-order valence-corrected chi connectivity index (χ0v) is 12.8. The smallest absolute Gasteiger partial charge is 0.307 e. The average Bonchev–Trinajstić information content (AvgIpc) is 2.64. The topological polar surface area (TPSA) is 47.4 Å². The molecular formula is C13H22ClN3O2. The summed E-state index contributed by atoms with van der Waals surface area (Å²) >= 11 is 6.25. The van der Waals surface area contributed by atoms with Gasteiger partial charge in [0.15, 0.2) is 0 Å². The van der Waals surface area contributed by atoms with Crippen LogP contribution in [0.5, 0.6) is 0 Å². The van der Waals surface area contributed by atoms with Gasteiger partial charge in [-0.05, 0) is 27.8 Å². The quantitative estimate of drug-likeness (QED) is 0.722. The van der Waals surface area contributed by atoms with Crippen LogP contribution in [0.15, 0.2) is 0 Å². The number of aromatic nitrogens is 2. The molecule has 1 aromatic rings. The first-order chi connectivity index (χ1) is 8.99. The molecular weight excluding hydrogens is 266 g/mol. The molecule has 1 aromatic heterocycles. The molecule has 0 aliphatic heterocycles. The fraction of sp³-hybridized carbons (Fsp3) is 0.692. The van der Waals surface area contributed by atoms with E-state index in [1.807, 2.05) is 37.4 Å². The molecule has 0 spiro atoms. The molecule has 19 heavy (non-hydrogen) atoms. The van der Waals surface area contributed by atoms with Crippen molar-refractivity contribution in [3.63, 3.8) is 0 Å². The first kappa shape index (κ1) is 16.0. The maximum absolute atomic E-state index is 11.3. The highest BCUT2D eigenvalue weighted by Crippen LogP contribution is 2.21. The highest BCUT2D eigenvalue weighted by molar-refractivity contribution is 6.31. The van der Waals surface area contributed by atoms with Crippen LogP contribution in [0.1, 0.15) is 31.7 Å². The number of nitrogens with zero attached hydrogens (tertiary/aromatic N) is 3. The van der Waals surface area contributed by atoms with Crippen molar-refractivity contribution in [3.05, 3.63) is 16.4 Å². The van der Waals surface area contributed by atoms with Gasteiger partial charge in [0.1, 0.15) is 0 Å². The second-order valence-corrected chi connectivity index (χ2v) is 4.83. The lowest BCUT2D eigenvalue weighted by Gasteiger charge is -2.17. The molecule has 6 heteroatoms. The van der Waals surface area contributed by atoms with Gasteiger partial charge in [-0.15, -0.1) is 0 Å². The highest BCUT2D eigenvalue weighted by atomic mass is 35.5. The van der Waals surface area contributed by atoms with Crippen LogP contribution in [0, 0.1) is 6.92 Å². The molecule has 0 aliphatic carbocycles. The molecule has 108 valence electrons. The van der Waals surface area contributed by atoms with E-state index in [4.69, 9.17) is 16.3 Å². The fourth-order valence-corrected chi connectivity index (χ4v) is 2.07. The second kappa shape index (κ2) is 7.50. The van der Waals surface area contributed by atoms with Crippen molar-refractivity contribution in [2.75, 3.05) is 20.2 Å². The van der Waals surface area contributed by atoms with Gasteiger partial charge in [-0.3, -0.25) is 14.4 Å². The van der Waals surface area contributed by atoms with Gasteiger partial charge in [0.05, 0.1) is 29.4 Å². The van der Waals surface area contributed by atoms with Gasteiger partial charge in [-0.1, -0.05) is 11.6 Å². The minimum Gasteiger partial charge on any atom is -0.466 e. The summed E-state index contributed by atoms with van der Waals surface area (Å²) in [6.07, 6.45) is 0.390. The van der Waals surface area contributed by atoms with Gasteiger partial charge in [0, 0.05) is 19.6 Å². The van der Waals surface area contributed by atoms with E-state index in [1.54, 1.807) is 0 Å². The van der Waals surface area contributed by atoms with Crippen LogP contribution in [0.25, 0.3) is 0 Å². The zero-order chi connectivity index (χ0) is 14.4. The third kappa shape index (κ3) is 4.51. The predicted molar refractivity (Wildman–Crippen MR) is 75.2 cm³/mol. The highest BCUT2D eigenvalue weighted by Gasteiger charge is 2.14. The third-order valence-corrected chi connectivity index (χ3v) is 3.37. The van der Waals surface area contributed by atoms with E-state index in [9.17, 15) is 4.79 Å². The Bertz CT molecular complexity index is 432. The van der Waals surface area contributed by atoms with E-state index in [0.717, 1.165) is 17.9 Å². The Hall–Kier alpha value is -1.07. The number of hydrogen-bond donors (Lipinski definition) is 0. The van der Waals surface area contributed by atoms with Gasteiger partial charge in [0.25, 0.3) is 0 Å². The van der Waals surface area contributed by atoms with Gasteiger partial charge >= 0.3 is 5.97 Å². The molecule has 5 nitrogen and oxygen atoms in total. The van der Waals surface area contributed by atoms with E-state index < -0.39 is 0 Å². The molecule has 0 radical (unpaired) electrons. The van der Waals surface area contributed by atoms with Crippen molar-refractivity contribution in [2.45, 2.75) is 40.3 Å². The number of carbonyl (C=O) groups is 1. The standard InChI is InChI=1S/C13H22ClN3O2/c1-5-17-11(13(14)10(3)15-17)9-16(4)8-7-12(18)19-6-2/h5-9H2,1-4H3. The molecule has 0 aromatic carbocycles. The molecule has 0 saturated heterocycles. The normalized spacial score (nSPS) is 11.1. The second-order valence-electron chi connectivity index (χ2n) is 4.45. The van der Waals surface area contributed by atoms with Crippen LogP contribution in [-0.2, 0) is 22.6 Å². The largest absolute Gasteiger partial charge is 0.466 e. The lowest BCUT2D eigenvalue weighted by Crippen LogP contribution is -2.24. The van der Waals surface area contributed by atoms with Crippen molar-refractivity contribution in [1.82, 2.24) is 14.7 Å². The van der Waals surface area contributed by atoms with E-state index in [0.29, 0.717) is 31.1 Å². The summed E-state index contributed by atoms with van der Waals surface area (Å²) < 4.78 is 6.81. The number of rotatable bonds is 7. The average molecular weight is 288 g/mol.